The van der Waals surface area contributed by atoms with Crippen LogP contribution in [0.5, 0.6) is 0 Å². The SMILES string of the molecule is CC/C=C\C/C=C\C/C=C\C/C=C\C/C=C\CCCCCCCCCC(=O)NC(COP(=O)(O)OCC[N+](C)(C)C)C(O)/C=C/CC/C=C/CCCCCCCCCCCCCCCCCCCCCCCCCC. The number of nitrogens with zero attached hydrogens (tertiary/aromatic N) is 1. The van der Waals surface area contributed by atoms with Crippen LogP contribution in [0.3, 0.4) is 0 Å². The smallest absolute Gasteiger partial charge is 0.387 e. The van der Waals surface area contributed by atoms with Gasteiger partial charge in [-0.05, 0) is 77.0 Å². The van der Waals surface area contributed by atoms with Gasteiger partial charge >= 0.3 is 7.82 Å². The summed E-state index contributed by atoms with van der Waals surface area (Å²) in [6.45, 7) is 4.69. The lowest BCUT2D eigenvalue weighted by Gasteiger charge is -2.25. The number of allylic oxidation sites excluding steroid dienone is 13. The maximum absolute atomic E-state index is 13.0. The average molecular weight is 1070 g/mol. The highest BCUT2D eigenvalue weighted by atomic mass is 31.2. The maximum atomic E-state index is 13.0. The number of hydrogen-bond acceptors (Lipinski definition) is 5. The van der Waals surface area contributed by atoms with Gasteiger partial charge in [-0.2, -0.15) is 0 Å². The summed E-state index contributed by atoms with van der Waals surface area (Å²) in [4.78, 5) is 23.3. The van der Waals surface area contributed by atoms with Crippen molar-refractivity contribution in [3.63, 3.8) is 0 Å². The average Bonchev–Trinajstić information content (AvgIpc) is 3.37. The number of amides is 1. The molecule has 0 aromatic carbocycles. The van der Waals surface area contributed by atoms with E-state index < -0.39 is 20.0 Å². The first-order valence-corrected chi connectivity index (χ1v) is 33.0. The lowest BCUT2D eigenvalue weighted by Crippen LogP contribution is -2.45. The van der Waals surface area contributed by atoms with Crippen LogP contribution in [0.25, 0.3) is 0 Å². The highest BCUT2D eigenvalue weighted by Crippen LogP contribution is 2.43. The van der Waals surface area contributed by atoms with Crippen LogP contribution in [0.1, 0.15) is 277 Å². The van der Waals surface area contributed by atoms with Gasteiger partial charge in [0.1, 0.15) is 13.2 Å². The fourth-order valence-corrected chi connectivity index (χ4v) is 9.70. The maximum Gasteiger partial charge on any atom is 0.472 e. The molecule has 0 aromatic heterocycles. The number of hydrogen-bond donors (Lipinski definition) is 3. The number of rotatable bonds is 57. The first-order chi connectivity index (χ1) is 36.5. The summed E-state index contributed by atoms with van der Waals surface area (Å²) in [5, 5.41) is 13.9. The third-order valence-corrected chi connectivity index (χ3v) is 14.8. The molecule has 3 N–H and O–H groups in total. The number of unbranched alkanes of at least 4 members (excludes halogenated alkanes) is 32. The fourth-order valence-electron chi connectivity index (χ4n) is 8.97. The second-order valence-electron chi connectivity index (χ2n) is 22.4. The Labute approximate surface area is 465 Å². The molecule has 3 unspecified atom stereocenters. The van der Waals surface area contributed by atoms with E-state index in [0.29, 0.717) is 17.4 Å². The van der Waals surface area contributed by atoms with Crippen molar-refractivity contribution < 1.29 is 32.9 Å². The van der Waals surface area contributed by atoms with Crippen LogP contribution >= 0.6 is 7.82 Å². The number of quaternary nitrogens is 1. The molecule has 0 fully saturated rings. The van der Waals surface area contributed by atoms with Crippen LogP contribution in [0.2, 0.25) is 0 Å². The summed E-state index contributed by atoms with van der Waals surface area (Å²) < 4.78 is 23.7. The second kappa shape index (κ2) is 56.4. The number of aliphatic hydroxyl groups excluding tert-OH is 1. The van der Waals surface area contributed by atoms with E-state index in [1.807, 2.05) is 27.2 Å². The molecule has 1 amide bonds. The van der Waals surface area contributed by atoms with Crippen LogP contribution in [0.15, 0.2) is 85.1 Å². The molecule has 0 aliphatic rings. The van der Waals surface area contributed by atoms with Crippen LogP contribution in [0, 0.1) is 0 Å². The van der Waals surface area contributed by atoms with Gasteiger partial charge in [0, 0.05) is 6.42 Å². The Hall–Kier alpha value is -2.32. The summed E-state index contributed by atoms with van der Waals surface area (Å²) in [5.41, 5.74) is 0. The lowest BCUT2D eigenvalue weighted by atomic mass is 10.0. The molecule has 0 bridgehead atoms. The minimum Gasteiger partial charge on any atom is -0.387 e. The zero-order valence-electron chi connectivity index (χ0n) is 49.8. The van der Waals surface area contributed by atoms with Crippen molar-refractivity contribution in [2.24, 2.45) is 0 Å². The highest BCUT2D eigenvalue weighted by molar-refractivity contribution is 7.47. The quantitative estimate of drug-likeness (QED) is 0.0243. The van der Waals surface area contributed by atoms with Gasteiger partial charge in [0.2, 0.25) is 5.91 Å². The number of likely N-dealkylation sites (N-methyl/N-ethyl adjacent to an activating group) is 1. The summed E-state index contributed by atoms with van der Waals surface area (Å²) in [6.07, 6.45) is 80.0. The number of carbonyl (C=O) groups excluding carboxylic acids is 1. The van der Waals surface area contributed by atoms with Gasteiger partial charge in [-0.1, -0.05) is 279 Å². The Balaban J connectivity index is 4.21. The number of phosphoric acid groups is 1. The lowest BCUT2D eigenvalue weighted by molar-refractivity contribution is -0.870. The van der Waals surface area contributed by atoms with Gasteiger partial charge in [-0.15, -0.1) is 0 Å². The van der Waals surface area contributed by atoms with E-state index in [9.17, 15) is 19.4 Å². The van der Waals surface area contributed by atoms with Crippen molar-refractivity contribution in [1.29, 1.82) is 0 Å². The molecule has 0 aromatic rings. The van der Waals surface area contributed by atoms with Gasteiger partial charge in [0.25, 0.3) is 0 Å². The van der Waals surface area contributed by atoms with Gasteiger partial charge in [0.15, 0.2) is 0 Å². The first kappa shape index (κ1) is 72.7. The Morgan fingerprint density at radius 2 is 0.813 bits per heavy atom. The minimum absolute atomic E-state index is 0.0498. The summed E-state index contributed by atoms with van der Waals surface area (Å²) in [6, 6.07) is -0.876. The van der Waals surface area contributed by atoms with Gasteiger partial charge in [-0.3, -0.25) is 13.8 Å². The van der Waals surface area contributed by atoms with Crippen LogP contribution < -0.4 is 5.32 Å². The monoisotopic (exact) mass is 1070 g/mol. The fraction of sp³-hybridized carbons (Fsp3) is 0.773. The molecule has 0 heterocycles. The third kappa shape index (κ3) is 59.2. The normalized spacial score (nSPS) is 14.4. The van der Waals surface area contributed by atoms with Gasteiger partial charge in [-0.25, -0.2) is 4.57 Å². The predicted molar refractivity (Wildman–Crippen MR) is 327 cm³/mol. The highest BCUT2D eigenvalue weighted by Gasteiger charge is 2.27. The summed E-state index contributed by atoms with van der Waals surface area (Å²) in [7, 11) is 1.54. The summed E-state index contributed by atoms with van der Waals surface area (Å²) >= 11 is 0. The molecule has 0 aliphatic carbocycles. The van der Waals surface area contributed by atoms with E-state index in [1.54, 1.807) is 6.08 Å². The zero-order valence-corrected chi connectivity index (χ0v) is 50.7. The molecular weight excluding hydrogens is 948 g/mol. The molecule has 0 saturated heterocycles. The van der Waals surface area contributed by atoms with E-state index in [4.69, 9.17) is 9.05 Å². The molecule has 0 saturated carbocycles. The number of carbonyl (C=O) groups is 1. The molecule has 3 atom stereocenters. The standard InChI is InChI=1S/C66H121N2O6P/c1-6-8-10-12-14-16-18-20-22-24-26-28-30-31-32-33-34-35-36-38-39-41-43-45-47-49-51-53-55-57-59-65(69)64(63-74-75(71,72)73-62-61-68(3,4)5)67-66(70)60-58-56-54-52-50-48-46-44-42-40-37-29-27-25-23-21-19-17-15-13-11-9-7-2/h9,11,15,17,21,23,27,29,40,42,49,51,57,59,64-65,69H,6-8,10,12-14,16,18-20,22,24-26,28,30-39,41,43-48,50,52-56,58,60-63H2,1-5H3,(H-,67,70,71,72)/p+1/b11-9-,17-15-,23-21-,29-27-,42-40-,51-49+,59-57+. The van der Waals surface area contributed by atoms with Crippen molar-refractivity contribution in [3.8, 4) is 0 Å². The van der Waals surface area contributed by atoms with Crippen molar-refractivity contribution >= 4 is 13.7 Å². The van der Waals surface area contributed by atoms with E-state index in [2.05, 4.69) is 92.1 Å². The number of phosphoric ester groups is 1. The Morgan fingerprint density at radius 1 is 0.467 bits per heavy atom. The Bertz CT molecular complexity index is 1500. The van der Waals surface area contributed by atoms with Crippen molar-refractivity contribution in [2.75, 3.05) is 40.9 Å². The zero-order chi connectivity index (χ0) is 54.9. The van der Waals surface area contributed by atoms with E-state index >= 15 is 0 Å². The minimum atomic E-state index is -4.37. The number of nitrogens with one attached hydrogen (secondary N) is 1. The van der Waals surface area contributed by atoms with Crippen LogP contribution in [-0.2, 0) is 18.4 Å². The van der Waals surface area contributed by atoms with Gasteiger partial charge < -0.3 is 19.8 Å². The summed E-state index contributed by atoms with van der Waals surface area (Å²) in [5.74, 6) is -0.199. The second-order valence-corrected chi connectivity index (χ2v) is 23.8. The molecule has 436 valence electrons. The Kier molecular flexibility index (Phi) is 54.7. The molecular formula is C66H122N2O6P+. The van der Waals surface area contributed by atoms with E-state index in [0.717, 1.165) is 83.5 Å². The molecule has 0 aliphatic heterocycles. The number of aliphatic hydroxyl groups is 1. The molecule has 0 rings (SSSR count). The molecule has 8 nitrogen and oxygen atoms in total. The van der Waals surface area contributed by atoms with E-state index in [1.165, 1.54) is 173 Å². The van der Waals surface area contributed by atoms with Crippen LogP contribution in [-0.4, -0.2) is 73.4 Å². The van der Waals surface area contributed by atoms with Gasteiger partial charge in [0.05, 0.1) is 39.9 Å². The molecule has 75 heavy (non-hydrogen) atoms. The molecule has 0 radical (unpaired) electrons. The Morgan fingerprint density at radius 3 is 1.23 bits per heavy atom. The van der Waals surface area contributed by atoms with Crippen molar-refractivity contribution in [2.45, 2.75) is 289 Å². The largest absolute Gasteiger partial charge is 0.472 e. The predicted octanol–water partition coefficient (Wildman–Crippen LogP) is 19.6. The van der Waals surface area contributed by atoms with Crippen molar-refractivity contribution in [3.05, 3.63) is 85.1 Å². The molecule has 9 heteroatoms. The third-order valence-electron chi connectivity index (χ3n) is 13.8. The molecule has 0 spiro atoms. The van der Waals surface area contributed by atoms with E-state index in [-0.39, 0.29) is 19.1 Å². The van der Waals surface area contributed by atoms with Crippen LogP contribution in [0.4, 0.5) is 0 Å². The first-order valence-electron chi connectivity index (χ1n) is 31.5. The van der Waals surface area contributed by atoms with Crippen molar-refractivity contribution in [1.82, 2.24) is 5.32 Å². The topological polar surface area (TPSA) is 105 Å².